The summed E-state index contributed by atoms with van der Waals surface area (Å²) in [6.07, 6.45) is 10.2. The van der Waals surface area contributed by atoms with Crippen LogP contribution in [-0.4, -0.2) is 48.0 Å². The third kappa shape index (κ3) is 7.15. The van der Waals surface area contributed by atoms with E-state index in [1.54, 1.807) is 24.4 Å². The van der Waals surface area contributed by atoms with Crippen molar-refractivity contribution in [2.45, 2.75) is 12.8 Å². The smallest absolute Gasteiger partial charge is 0.247 e. The summed E-state index contributed by atoms with van der Waals surface area (Å²) in [4.78, 5) is 23.1. The van der Waals surface area contributed by atoms with Crippen molar-refractivity contribution in [3.05, 3.63) is 84.2 Å². The van der Waals surface area contributed by atoms with Gasteiger partial charge >= 0.3 is 0 Å². The first-order valence-electron chi connectivity index (χ1n) is 11.2. The van der Waals surface area contributed by atoms with E-state index in [4.69, 9.17) is 21.3 Å². The van der Waals surface area contributed by atoms with Crippen molar-refractivity contribution in [2.75, 3.05) is 37.9 Å². The number of hydrogen-bond acceptors (Lipinski definition) is 6. The van der Waals surface area contributed by atoms with Gasteiger partial charge < -0.3 is 20.3 Å². The fourth-order valence-electron chi connectivity index (χ4n) is 3.38. The number of nitrogens with one attached hydrogen (secondary N) is 2. The molecule has 0 spiro atoms. The monoisotopic (exact) mass is 491 g/mol. The van der Waals surface area contributed by atoms with E-state index in [0.717, 1.165) is 36.1 Å². The average molecular weight is 492 g/mol. The second kappa shape index (κ2) is 12.1. The fraction of sp³-hybridized carbons (Fsp3) is 0.222. The van der Waals surface area contributed by atoms with Gasteiger partial charge in [0.25, 0.3) is 0 Å². The predicted octanol–water partition coefficient (Wildman–Crippen LogP) is 5.78. The highest BCUT2D eigenvalue weighted by Crippen LogP contribution is 2.33. The molecule has 1 aliphatic carbocycles. The maximum atomic E-state index is 12.0. The number of hydrogen-bond donors (Lipinski definition) is 2. The molecule has 0 saturated carbocycles. The Labute approximate surface area is 211 Å². The molecule has 7 nitrogen and oxygen atoms in total. The van der Waals surface area contributed by atoms with E-state index < -0.39 is 0 Å². The highest BCUT2D eigenvalue weighted by Gasteiger charge is 2.15. The minimum Gasteiger partial charge on any atom is -0.490 e. The van der Waals surface area contributed by atoms with Gasteiger partial charge in [-0.25, -0.2) is 9.97 Å². The molecule has 0 fully saturated rings. The van der Waals surface area contributed by atoms with Gasteiger partial charge in [0.1, 0.15) is 12.4 Å². The number of amides is 1. The number of benzene rings is 1. The minimum atomic E-state index is -0.335. The largest absolute Gasteiger partial charge is 0.490 e. The molecule has 1 aromatic heterocycles. The van der Waals surface area contributed by atoms with Crippen LogP contribution >= 0.6 is 11.6 Å². The Morgan fingerprint density at radius 2 is 2.11 bits per heavy atom. The lowest BCUT2D eigenvalue weighted by atomic mass is 9.94. The van der Waals surface area contributed by atoms with E-state index in [1.165, 1.54) is 6.08 Å². The summed E-state index contributed by atoms with van der Waals surface area (Å²) in [5.74, 6) is 0.601. The zero-order chi connectivity index (χ0) is 25.4. The molecule has 182 valence electrons. The van der Waals surface area contributed by atoms with E-state index in [0.29, 0.717) is 40.4 Å². The molecular weight excluding hydrogens is 462 g/mol. The number of anilines is 3. The van der Waals surface area contributed by atoms with Crippen LogP contribution in [0.1, 0.15) is 24.1 Å². The van der Waals surface area contributed by atoms with E-state index >= 15 is 0 Å². The molecule has 0 bridgehead atoms. The first kappa shape index (κ1) is 25.9. The summed E-state index contributed by atoms with van der Waals surface area (Å²) in [6.45, 7) is 12.9. The van der Waals surface area contributed by atoms with Gasteiger partial charge in [-0.2, -0.15) is 0 Å². The van der Waals surface area contributed by atoms with Gasteiger partial charge in [0.05, 0.1) is 11.4 Å². The van der Waals surface area contributed by atoms with Crippen molar-refractivity contribution >= 4 is 46.5 Å². The summed E-state index contributed by atoms with van der Waals surface area (Å²) in [5, 5.41) is 6.69. The number of ether oxygens (including phenoxy) is 1. The molecule has 1 aliphatic rings. The molecule has 1 aromatic carbocycles. The van der Waals surface area contributed by atoms with E-state index in [1.807, 2.05) is 37.2 Å². The highest BCUT2D eigenvalue weighted by molar-refractivity contribution is 6.31. The molecule has 3 rings (SSSR count). The van der Waals surface area contributed by atoms with Gasteiger partial charge in [0.15, 0.2) is 0 Å². The van der Waals surface area contributed by atoms with Gasteiger partial charge in [-0.05, 0) is 68.4 Å². The van der Waals surface area contributed by atoms with E-state index in [2.05, 4.69) is 35.4 Å². The Morgan fingerprint density at radius 1 is 1.31 bits per heavy atom. The van der Waals surface area contributed by atoms with Crippen LogP contribution in [0.2, 0.25) is 0 Å². The molecule has 2 aromatic rings. The molecule has 0 saturated heterocycles. The fourth-order valence-corrected chi connectivity index (χ4v) is 3.62. The Hall–Kier alpha value is -3.68. The molecule has 0 atom stereocenters. The predicted molar refractivity (Wildman–Crippen MR) is 145 cm³/mol. The topological polar surface area (TPSA) is 79.4 Å². The summed E-state index contributed by atoms with van der Waals surface area (Å²) in [7, 11) is 3.93. The van der Waals surface area contributed by atoms with Crippen molar-refractivity contribution in [2.24, 2.45) is 0 Å². The number of nitrogens with zero attached hydrogens (tertiary/aromatic N) is 3. The van der Waals surface area contributed by atoms with Crippen molar-refractivity contribution < 1.29 is 9.53 Å². The Morgan fingerprint density at radius 3 is 2.80 bits per heavy atom. The van der Waals surface area contributed by atoms with Crippen molar-refractivity contribution in [1.82, 2.24) is 14.9 Å². The van der Waals surface area contributed by atoms with Crippen LogP contribution < -0.4 is 15.4 Å². The van der Waals surface area contributed by atoms with Gasteiger partial charge in [-0.1, -0.05) is 43.5 Å². The molecular formula is C27H30ClN5O2. The van der Waals surface area contributed by atoms with Crippen LogP contribution in [0.4, 0.5) is 17.3 Å². The zero-order valence-electron chi connectivity index (χ0n) is 20.1. The molecule has 35 heavy (non-hydrogen) atoms. The molecule has 1 amide bonds. The van der Waals surface area contributed by atoms with E-state index in [-0.39, 0.29) is 5.91 Å². The molecule has 2 N–H and O–H groups in total. The summed E-state index contributed by atoms with van der Waals surface area (Å²) < 4.78 is 5.86. The Balaban J connectivity index is 1.87. The molecule has 8 heteroatoms. The Bertz CT molecular complexity index is 1200. The SMILES string of the molecule is C=CC(=O)Nc1cc(Nc2ncc(C=C)c(C(=C)C3=CC(Cl)=CCC3)n2)ccc1OCCN(C)C. The number of allylic oxidation sites excluding steroid dienone is 5. The highest BCUT2D eigenvalue weighted by atomic mass is 35.5. The summed E-state index contributed by atoms with van der Waals surface area (Å²) in [5.41, 5.74) is 4.45. The molecule has 0 unspecified atom stereocenters. The number of aromatic nitrogens is 2. The summed E-state index contributed by atoms with van der Waals surface area (Å²) in [6, 6.07) is 5.39. The third-order valence-electron chi connectivity index (χ3n) is 5.25. The van der Waals surface area contributed by atoms with Crippen LogP contribution in [0.3, 0.4) is 0 Å². The third-order valence-corrected chi connectivity index (χ3v) is 5.51. The summed E-state index contributed by atoms with van der Waals surface area (Å²) >= 11 is 6.21. The van der Waals surface area contributed by atoms with Crippen LogP contribution in [0.15, 0.2) is 73.0 Å². The maximum Gasteiger partial charge on any atom is 0.247 e. The van der Waals surface area contributed by atoms with Gasteiger partial charge in [-0.3, -0.25) is 4.79 Å². The standard InChI is InChI=1S/C27H30ClN5O2/c1-6-19-17-29-27(32-26(19)18(3)20-9-8-10-21(28)15-20)30-22-11-12-24(35-14-13-33(4)5)23(16-22)31-25(34)7-2/h6-7,10-12,15-17H,1-3,8-9,13-14H2,4-5H3,(H,31,34)(H,29,30,32). The first-order valence-corrected chi connectivity index (χ1v) is 11.6. The van der Waals surface area contributed by atoms with Crippen LogP contribution in [0.5, 0.6) is 5.75 Å². The molecule has 0 radical (unpaired) electrons. The number of carbonyl (C=O) groups excluding carboxylic acids is 1. The number of carbonyl (C=O) groups is 1. The maximum absolute atomic E-state index is 12.0. The number of rotatable bonds is 11. The average Bonchev–Trinajstić information content (AvgIpc) is 2.84. The Kier molecular flexibility index (Phi) is 9.00. The van der Waals surface area contributed by atoms with Crippen molar-refractivity contribution in [1.29, 1.82) is 0 Å². The van der Waals surface area contributed by atoms with Crippen LogP contribution in [0.25, 0.3) is 11.6 Å². The minimum absolute atomic E-state index is 0.335. The first-order chi connectivity index (χ1) is 16.8. The lowest BCUT2D eigenvalue weighted by Gasteiger charge is -2.17. The second-order valence-electron chi connectivity index (χ2n) is 8.16. The van der Waals surface area contributed by atoms with Gasteiger partial charge in [0, 0.05) is 29.0 Å². The van der Waals surface area contributed by atoms with Crippen molar-refractivity contribution in [3.8, 4) is 5.75 Å². The lowest BCUT2D eigenvalue weighted by molar-refractivity contribution is -0.111. The zero-order valence-corrected chi connectivity index (χ0v) is 20.9. The number of halogens is 1. The van der Waals surface area contributed by atoms with Gasteiger partial charge in [-0.15, -0.1) is 0 Å². The van der Waals surface area contributed by atoms with Gasteiger partial charge in [0.2, 0.25) is 11.9 Å². The molecule has 0 aliphatic heterocycles. The van der Waals surface area contributed by atoms with Crippen molar-refractivity contribution in [3.63, 3.8) is 0 Å². The lowest BCUT2D eigenvalue weighted by Crippen LogP contribution is -2.20. The molecule has 1 heterocycles. The van der Waals surface area contributed by atoms with Crippen LogP contribution in [-0.2, 0) is 4.79 Å². The number of likely N-dealkylation sites (N-methyl/N-ethyl adjacent to an activating group) is 1. The van der Waals surface area contributed by atoms with Crippen LogP contribution in [0, 0.1) is 0 Å². The quantitative estimate of drug-likeness (QED) is 0.387. The normalized spacial score (nSPS) is 12.9. The van der Waals surface area contributed by atoms with E-state index in [9.17, 15) is 4.79 Å². The second-order valence-corrected chi connectivity index (χ2v) is 8.59.